The van der Waals surface area contributed by atoms with E-state index in [0.717, 1.165) is 24.2 Å². The van der Waals surface area contributed by atoms with E-state index in [1.165, 1.54) is 5.56 Å². The number of nitrogens with zero attached hydrogens (tertiary/aromatic N) is 4. The van der Waals surface area contributed by atoms with Gasteiger partial charge in [0.2, 0.25) is 11.8 Å². The molecule has 2 fully saturated rings. The molecule has 0 bridgehead atoms. The van der Waals surface area contributed by atoms with Gasteiger partial charge in [-0.1, -0.05) is 26.0 Å². The van der Waals surface area contributed by atoms with E-state index in [1.54, 1.807) is 15.8 Å². The minimum atomic E-state index is -0.267. The van der Waals surface area contributed by atoms with Gasteiger partial charge >= 0.3 is 0 Å². The highest BCUT2D eigenvalue weighted by atomic mass is 16.2. The van der Waals surface area contributed by atoms with Crippen LogP contribution in [0.1, 0.15) is 62.7 Å². The van der Waals surface area contributed by atoms with Crippen molar-refractivity contribution in [2.45, 2.75) is 57.5 Å². The van der Waals surface area contributed by atoms with Crippen LogP contribution in [0.15, 0.2) is 36.5 Å². The van der Waals surface area contributed by atoms with Crippen LogP contribution in [0, 0.1) is 5.92 Å². The van der Waals surface area contributed by atoms with Gasteiger partial charge in [0.05, 0.1) is 17.7 Å². The molecule has 1 aliphatic carbocycles. The molecule has 0 spiro atoms. The maximum atomic E-state index is 13.7. The number of carbonyl (C=O) groups is 2. The van der Waals surface area contributed by atoms with Crippen molar-refractivity contribution in [3.8, 4) is 0 Å². The highest BCUT2D eigenvalue weighted by Crippen LogP contribution is 2.44. The summed E-state index contributed by atoms with van der Waals surface area (Å²) in [5.41, 5.74) is 3.05. The first-order chi connectivity index (χ1) is 13.9. The van der Waals surface area contributed by atoms with Crippen molar-refractivity contribution in [3.05, 3.63) is 47.8 Å². The molecule has 2 aliphatic rings. The van der Waals surface area contributed by atoms with Crippen molar-refractivity contribution in [3.63, 3.8) is 0 Å². The SMILES string of the molecule is CC(C)c1cccc(N(C)C(=O)C2CCC(=O)N(C3CC3)C2c2ccnn2C)c1. The standard InChI is InChI=1S/C23H30N4O2/c1-15(2)16-6-5-7-18(14-16)25(3)23(29)19-10-11-21(28)27(17-8-9-17)22(19)20-12-13-24-26(20)4/h5-7,12-15,17,19,22H,8-11H2,1-4H3. The molecule has 1 aromatic carbocycles. The topological polar surface area (TPSA) is 58.4 Å². The quantitative estimate of drug-likeness (QED) is 0.778. The number of hydrogen-bond acceptors (Lipinski definition) is 3. The number of anilines is 1. The molecular weight excluding hydrogens is 364 g/mol. The summed E-state index contributed by atoms with van der Waals surface area (Å²) in [7, 11) is 3.73. The van der Waals surface area contributed by atoms with Crippen molar-refractivity contribution in [2.24, 2.45) is 13.0 Å². The van der Waals surface area contributed by atoms with Gasteiger partial charge in [0.15, 0.2) is 0 Å². The van der Waals surface area contributed by atoms with E-state index in [4.69, 9.17) is 0 Å². The van der Waals surface area contributed by atoms with Gasteiger partial charge in [-0.15, -0.1) is 0 Å². The maximum absolute atomic E-state index is 13.7. The minimum absolute atomic E-state index is 0.0651. The third-order valence-corrected chi connectivity index (χ3v) is 6.31. The Labute approximate surface area is 172 Å². The highest BCUT2D eigenvalue weighted by molar-refractivity contribution is 5.96. The van der Waals surface area contributed by atoms with Gasteiger partial charge in [-0.2, -0.15) is 5.10 Å². The van der Waals surface area contributed by atoms with Crippen LogP contribution in [0.25, 0.3) is 0 Å². The number of rotatable bonds is 5. The first-order valence-electron chi connectivity index (χ1n) is 10.5. The van der Waals surface area contributed by atoms with E-state index in [9.17, 15) is 9.59 Å². The van der Waals surface area contributed by atoms with Crippen molar-refractivity contribution < 1.29 is 9.59 Å². The number of aryl methyl sites for hydroxylation is 1. The van der Waals surface area contributed by atoms with Crippen LogP contribution in [0.5, 0.6) is 0 Å². The van der Waals surface area contributed by atoms with Crippen LogP contribution in [-0.2, 0) is 16.6 Å². The van der Waals surface area contributed by atoms with Gasteiger partial charge in [0, 0.05) is 38.4 Å². The molecule has 1 aliphatic heterocycles. The molecule has 1 saturated heterocycles. The lowest BCUT2D eigenvalue weighted by molar-refractivity contribution is -0.143. The summed E-state index contributed by atoms with van der Waals surface area (Å²) in [5.74, 6) is 0.358. The Balaban J connectivity index is 1.67. The Morgan fingerprint density at radius 3 is 2.59 bits per heavy atom. The number of likely N-dealkylation sites (tertiary alicyclic amines) is 1. The van der Waals surface area contributed by atoms with Crippen molar-refractivity contribution in [1.29, 1.82) is 0 Å². The van der Waals surface area contributed by atoms with Crippen LogP contribution in [-0.4, -0.2) is 39.6 Å². The Bertz CT molecular complexity index is 915. The van der Waals surface area contributed by atoms with Gasteiger partial charge in [0.25, 0.3) is 0 Å². The van der Waals surface area contributed by atoms with Gasteiger partial charge in [-0.25, -0.2) is 0 Å². The van der Waals surface area contributed by atoms with E-state index in [0.29, 0.717) is 18.8 Å². The minimum Gasteiger partial charge on any atom is -0.330 e. The lowest BCUT2D eigenvalue weighted by Gasteiger charge is -2.42. The average molecular weight is 395 g/mol. The molecule has 0 N–H and O–H groups in total. The molecule has 6 heteroatoms. The van der Waals surface area contributed by atoms with Gasteiger partial charge in [-0.05, 0) is 48.9 Å². The highest BCUT2D eigenvalue weighted by Gasteiger charge is 2.48. The largest absolute Gasteiger partial charge is 0.330 e. The zero-order chi connectivity index (χ0) is 20.7. The van der Waals surface area contributed by atoms with E-state index in [-0.39, 0.29) is 29.8 Å². The lowest BCUT2D eigenvalue weighted by atomic mass is 9.85. The summed E-state index contributed by atoms with van der Waals surface area (Å²) in [6, 6.07) is 10.1. The number of benzene rings is 1. The van der Waals surface area contributed by atoms with E-state index < -0.39 is 0 Å². The molecule has 2 aromatic rings. The predicted octanol–water partition coefficient (Wildman–Crippen LogP) is 3.65. The van der Waals surface area contributed by atoms with E-state index in [2.05, 4.69) is 31.1 Å². The zero-order valence-corrected chi connectivity index (χ0v) is 17.7. The lowest BCUT2D eigenvalue weighted by Crippen LogP contribution is -2.50. The Morgan fingerprint density at radius 2 is 1.97 bits per heavy atom. The van der Waals surface area contributed by atoms with Crippen LogP contribution in [0.2, 0.25) is 0 Å². The first-order valence-corrected chi connectivity index (χ1v) is 10.5. The summed E-state index contributed by atoms with van der Waals surface area (Å²) in [6.45, 7) is 4.30. The smallest absolute Gasteiger partial charge is 0.232 e. The number of amides is 2. The first kappa shape index (κ1) is 19.7. The van der Waals surface area contributed by atoms with Crippen molar-refractivity contribution >= 4 is 17.5 Å². The maximum Gasteiger partial charge on any atom is 0.232 e. The number of carbonyl (C=O) groups excluding carboxylic acids is 2. The summed E-state index contributed by atoms with van der Waals surface area (Å²) >= 11 is 0. The molecular formula is C23H30N4O2. The fourth-order valence-corrected chi connectivity index (χ4v) is 4.45. The number of hydrogen-bond donors (Lipinski definition) is 0. The number of piperidine rings is 1. The molecule has 0 radical (unpaired) electrons. The molecule has 2 amide bonds. The molecule has 1 saturated carbocycles. The Hall–Kier alpha value is -2.63. The van der Waals surface area contributed by atoms with Gasteiger partial charge < -0.3 is 9.80 Å². The molecule has 154 valence electrons. The van der Waals surface area contributed by atoms with Gasteiger partial charge in [0.1, 0.15) is 0 Å². The van der Waals surface area contributed by atoms with Gasteiger partial charge in [-0.3, -0.25) is 14.3 Å². The van der Waals surface area contributed by atoms with Crippen molar-refractivity contribution in [2.75, 3.05) is 11.9 Å². The third-order valence-electron chi connectivity index (χ3n) is 6.31. The average Bonchev–Trinajstić information content (AvgIpc) is 3.46. The number of aromatic nitrogens is 2. The second-order valence-electron chi connectivity index (χ2n) is 8.65. The second kappa shape index (κ2) is 7.65. The molecule has 2 heterocycles. The molecule has 1 aromatic heterocycles. The molecule has 2 unspecified atom stereocenters. The normalized spacial score (nSPS) is 22.2. The Morgan fingerprint density at radius 1 is 1.21 bits per heavy atom. The van der Waals surface area contributed by atoms with E-state index in [1.807, 2.05) is 37.2 Å². The fourth-order valence-electron chi connectivity index (χ4n) is 4.45. The van der Waals surface area contributed by atoms with Crippen LogP contribution in [0.4, 0.5) is 5.69 Å². The van der Waals surface area contributed by atoms with Crippen LogP contribution in [0.3, 0.4) is 0 Å². The fraction of sp³-hybridized carbons (Fsp3) is 0.522. The summed E-state index contributed by atoms with van der Waals surface area (Å²) in [5, 5.41) is 4.31. The predicted molar refractivity (Wildman–Crippen MR) is 112 cm³/mol. The molecule has 29 heavy (non-hydrogen) atoms. The monoisotopic (exact) mass is 394 g/mol. The molecule has 2 atom stereocenters. The van der Waals surface area contributed by atoms with Crippen molar-refractivity contribution in [1.82, 2.24) is 14.7 Å². The third kappa shape index (κ3) is 3.68. The molecule has 4 rings (SSSR count). The zero-order valence-electron chi connectivity index (χ0n) is 17.7. The van der Waals surface area contributed by atoms with Crippen LogP contribution < -0.4 is 4.90 Å². The summed E-state index contributed by atoms with van der Waals surface area (Å²) in [4.78, 5) is 30.2. The summed E-state index contributed by atoms with van der Waals surface area (Å²) in [6.07, 6.45) is 4.80. The summed E-state index contributed by atoms with van der Waals surface area (Å²) < 4.78 is 1.80. The van der Waals surface area contributed by atoms with Crippen LogP contribution >= 0.6 is 0 Å². The Kier molecular flexibility index (Phi) is 5.19. The second-order valence-corrected chi connectivity index (χ2v) is 8.65. The van der Waals surface area contributed by atoms with E-state index >= 15 is 0 Å². The molecule has 6 nitrogen and oxygen atoms in total.